The molecule has 0 aliphatic rings. The van der Waals surface area contributed by atoms with Crippen molar-refractivity contribution in [1.82, 2.24) is 4.90 Å². The molecule has 0 fully saturated rings. The molecule has 0 saturated heterocycles. The van der Waals surface area contributed by atoms with Crippen molar-refractivity contribution in [3.8, 4) is 0 Å². The van der Waals surface area contributed by atoms with E-state index in [1.165, 1.54) is 12.1 Å². The molecule has 0 heterocycles. The van der Waals surface area contributed by atoms with Gasteiger partial charge in [0.2, 0.25) is 0 Å². The fraction of sp³-hybridized carbons (Fsp3) is 0.500. The van der Waals surface area contributed by atoms with Crippen molar-refractivity contribution in [1.29, 1.82) is 0 Å². The number of amides is 1. The number of nitrogens with zero attached hydrogens (tertiary/aromatic N) is 1. The van der Waals surface area contributed by atoms with Crippen LogP contribution in [0.1, 0.15) is 36.7 Å². The van der Waals surface area contributed by atoms with Crippen LogP contribution in [0.25, 0.3) is 0 Å². The van der Waals surface area contributed by atoms with Crippen molar-refractivity contribution in [3.05, 3.63) is 28.3 Å². The molecular formula is C14H19Cl2NO3S. The second-order valence-electron chi connectivity index (χ2n) is 5.25. The van der Waals surface area contributed by atoms with Crippen molar-refractivity contribution in [2.24, 2.45) is 5.92 Å². The maximum absolute atomic E-state index is 12.6. The third-order valence-electron chi connectivity index (χ3n) is 3.08. The largest absolute Gasteiger partial charge is 0.339 e. The number of rotatable bonds is 5. The Labute approximate surface area is 135 Å². The molecule has 0 atom stereocenters. The van der Waals surface area contributed by atoms with Gasteiger partial charge in [0, 0.05) is 34.4 Å². The van der Waals surface area contributed by atoms with Crippen LogP contribution in [-0.4, -0.2) is 32.3 Å². The Bertz CT molecular complexity index is 642. The summed E-state index contributed by atoms with van der Waals surface area (Å²) in [6, 6.07) is 2.55. The lowest BCUT2D eigenvalue weighted by molar-refractivity contribution is 0.0745. The lowest BCUT2D eigenvalue weighted by Gasteiger charge is -2.24. The van der Waals surface area contributed by atoms with Crippen LogP contribution in [0.4, 0.5) is 0 Å². The molecule has 0 aliphatic carbocycles. The van der Waals surface area contributed by atoms with Gasteiger partial charge in [0.15, 0.2) is 0 Å². The Balaban J connectivity index is 3.35. The first kappa shape index (κ1) is 18.3. The first-order valence-corrected chi connectivity index (χ1v) is 9.30. The Kier molecular flexibility index (Phi) is 6.08. The fourth-order valence-corrected chi connectivity index (χ4v) is 3.05. The lowest BCUT2D eigenvalue weighted by Crippen LogP contribution is -2.34. The van der Waals surface area contributed by atoms with E-state index in [1.807, 2.05) is 20.8 Å². The molecule has 7 heteroatoms. The zero-order valence-corrected chi connectivity index (χ0v) is 14.8. The van der Waals surface area contributed by atoms with Crippen molar-refractivity contribution in [3.63, 3.8) is 0 Å². The van der Waals surface area contributed by atoms with E-state index in [0.717, 1.165) is 0 Å². The Morgan fingerprint density at radius 3 is 2.33 bits per heavy atom. The Morgan fingerprint density at radius 2 is 1.90 bits per heavy atom. The summed E-state index contributed by atoms with van der Waals surface area (Å²) < 4.78 is 22.9. The van der Waals surface area contributed by atoms with Gasteiger partial charge >= 0.3 is 0 Å². The fourth-order valence-electron chi connectivity index (χ4n) is 1.98. The molecule has 0 aliphatic heterocycles. The number of hydrogen-bond donors (Lipinski definition) is 0. The summed E-state index contributed by atoms with van der Waals surface area (Å²) in [6.45, 7) is 8.70. The van der Waals surface area contributed by atoms with Crippen LogP contribution in [0.15, 0.2) is 17.0 Å². The number of carbonyl (C=O) groups excluding carboxylic acids is 1. The van der Waals surface area contributed by atoms with Gasteiger partial charge in [0.05, 0.1) is 4.90 Å². The minimum Gasteiger partial charge on any atom is -0.339 e. The molecule has 118 valence electrons. The van der Waals surface area contributed by atoms with Crippen LogP contribution < -0.4 is 0 Å². The van der Waals surface area contributed by atoms with Gasteiger partial charge in [-0.3, -0.25) is 4.79 Å². The average Bonchev–Trinajstić information content (AvgIpc) is 2.36. The molecule has 21 heavy (non-hydrogen) atoms. The van der Waals surface area contributed by atoms with Gasteiger partial charge in [-0.25, -0.2) is 8.42 Å². The van der Waals surface area contributed by atoms with Crippen LogP contribution in [0, 0.1) is 12.8 Å². The molecule has 0 radical (unpaired) electrons. The first-order valence-electron chi connectivity index (χ1n) is 6.62. The number of carbonyl (C=O) groups is 1. The molecule has 1 rings (SSSR count). The topological polar surface area (TPSA) is 54.5 Å². The summed E-state index contributed by atoms with van der Waals surface area (Å²) in [6.07, 6.45) is 0. The second-order valence-corrected chi connectivity index (χ2v) is 8.23. The summed E-state index contributed by atoms with van der Waals surface area (Å²) in [4.78, 5) is 14.1. The maximum Gasteiger partial charge on any atom is 0.261 e. The summed E-state index contributed by atoms with van der Waals surface area (Å²) in [7, 11) is 1.41. The number of halogens is 2. The molecule has 0 unspecified atom stereocenters. The van der Waals surface area contributed by atoms with Crippen molar-refractivity contribution < 1.29 is 13.2 Å². The highest BCUT2D eigenvalue weighted by Gasteiger charge is 2.22. The quantitative estimate of drug-likeness (QED) is 0.760. The highest BCUT2D eigenvalue weighted by atomic mass is 35.7. The van der Waals surface area contributed by atoms with Crippen LogP contribution >= 0.6 is 22.3 Å². The summed E-state index contributed by atoms with van der Waals surface area (Å²) in [5.41, 5.74) is 0.817. The van der Waals surface area contributed by atoms with Crippen LogP contribution in [0.5, 0.6) is 0 Å². The summed E-state index contributed by atoms with van der Waals surface area (Å²) >= 11 is 6.03. The SMILES string of the molecule is CCN(CC(C)C)C(=O)c1cc(S(=O)(=O)Cl)cc(Cl)c1C. The average molecular weight is 352 g/mol. The molecular weight excluding hydrogens is 333 g/mol. The number of benzene rings is 1. The van der Waals surface area contributed by atoms with Crippen LogP contribution in [0.3, 0.4) is 0 Å². The van der Waals surface area contributed by atoms with E-state index in [-0.39, 0.29) is 21.4 Å². The van der Waals surface area contributed by atoms with E-state index in [9.17, 15) is 13.2 Å². The summed E-state index contributed by atoms with van der Waals surface area (Å²) in [5.74, 6) is 0.0670. The molecule has 4 nitrogen and oxygen atoms in total. The van der Waals surface area contributed by atoms with E-state index in [0.29, 0.717) is 24.6 Å². The van der Waals surface area contributed by atoms with Crippen molar-refractivity contribution in [2.75, 3.05) is 13.1 Å². The zero-order chi connectivity index (χ0) is 16.4. The van der Waals surface area contributed by atoms with Crippen molar-refractivity contribution in [2.45, 2.75) is 32.6 Å². The molecule has 1 amide bonds. The molecule has 0 aromatic heterocycles. The smallest absolute Gasteiger partial charge is 0.261 e. The van der Waals surface area contributed by atoms with E-state index >= 15 is 0 Å². The molecule has 0 saturated carbocycles. The zero-order valence-electron chi connectivity index (χ0n) is 12.5. The Hall–Kier alpha value is -0.780. The van der Waals surface area contributed by atoms with Gasteiger partial charge in [0.1, 0.15) is 0 Å². The summed E-state index contributed by atoms with van der Waals surface area (Å²) in [5, 5.41) is 0.209. The van der Waals surface area contributed by atoms with Gasteiger partial charge in [-0.05, 0) is 37.5 Å². The molecule has 1 aromatic carbocycles. The van der Waals surface area contributed by atoms with Gasteiger partial charge in [-0.2, -0.15) is 0 Å². The monoisotopic (exact) mass is 351 g/mol. The third kappa shape index (κ3) is 4.59. The van der Waals surface area contributed by atoms with Gasteiger partial charge in [-0.1, -0.05) is 25.4 Å². The normalized spacial score (nSPS) is 11.8. The third-order valence-corrected chi connectivity index (χ3v) is 4.81. The van der Waals surface area contributed by atoms with E-state index in [1.54, 1.807) is 11.8 Å². The lowest BCUT2D eigenvalue weighted by atomic mass is 10.1. The molecule has 0 N–H and O–H groups in total. The van der Waals surface area contributed by atoms with Crippen LogP contribution in [-0.2, 0) is 9.05 Å². The second kappa shape index (κ2) is 6.99. The van der Waals surface area contributed by atoms with E-state index in [2.05, 4.69) is 0 Å². The molecule has 1 aromatic rings. The predicted octanol–water partition coefficient (Wildman–Crippen LogP) is 3.69. The number of hydrogen-bond acceptors (Lipinski definition) is 3. The molecule has 0 spiro atoms. The van der Waals surface area contributed by atoms with Crippen LogP contribution in [0.2, 0.25) is 5.02 Å². The highest BCUT2D eigenvalue weighted by Crippen LogP contribution is 2.27. The predicted molar refractivity (Wildman–Crippen MR) is 85.6 cm³/mol. The minimum atomic E-state index is -3.94. The minimum absolute atomic E-state index is 0.163. The van der Waals surface area contributed by atoms with Gasteiger partial charge < -0.3 is 4.90 Å². The van der Waals surface area contributed by atoms with E-state index in [4.69, 9.17) is 22.3 Å². The highest BCUT2D eigenvalue weighted by molar-refractivity contribution is 8.13. The first-order chi connectivity index (χ1) is 9.57. The van der Waals surface area contributed by atoms with E-state index < -0.39 is 9.05 Å². The maximum atomic E-state index is 12.6. The van der Waals surface area contributed by atoms with Crippen molar-refractivity contribution >= 4 is 37.2 Å². The molecule has 0 bridgehead atoms. The van der Waals surface area contributed by atoms with Gasteiger partial charge in [-0.15, -0.1) is 0 Å². The Morgan fingerprint density at radius 1 is 1.33 bits per heavy atom. The standard InChI is InChI=1S/C14H19Cl2NO3S/c1-5-17(8-9(2)3)14(18)12-6-11(21(16,19)20)7-13(15)10(12)4/h6-7,9H,5,8H2,1-4H3. The van der Waals surface area contributed by atoms with Gasteiger partial charge in [0.25, 0.3) is 15.0 Å².